The summed E-state index contributed by atoms with van der Waals surface area (Å²) in [5.41, 5.74) is -0.417. The van der Waals surface area contributed by atoms with Crippen molar-refractivity contribution >= 4 is 5.91 Å². The van der Waals surface area contributed by atoms with Crippen LogP contribution in [-0.2, 0) is 23.7 Å². The third kappa shape index (κ3) is 5.81. The highest BCUT2D eigenvalue weighted by Gasteiger charge is 2.83. The van der Waals surface area contributed by atoms with Crippen LogP contribution in [-0.4, -0.2) is 115 Å². The van der Waals surface area contributed by atoms with E-state index < -0.39 is 11.7 Å². The molecule has 0 aromatic heterocycles. The minimum atomic E-state index is -1.01. The molecule has 0 bridgehead atoms. The van der Waals surface area contributed by atoms with E-state index in [1.54, 1.807) is 7.11 Å². The van der Waals surface area contributed by atoms with Crippen LogP contribution in [0.4, 0.5) is 0 Å². The van der Waals surface area contributed by atoms with Gasteiger partial charge in [-0.05, 0) is 137 Å². The minimum absolute atomic E-state index is 0.0250. The maximum atomic E-state index is 13.0. The largest absolute Gasteiger partial charge is 0.393 e. The zero-order valence-corrected chi connectivity index (χ0v) is 34.4. The van der Waals surface area contributed by atoms with E-state index >= 15 is 0 Å². The molecule has 0 radical (unpaired) electrons. The molecule has 7 aliphatic rings. The maximum Gasteiger partial charge on any atom is 0.239 e. The molecule has 0 aromatic rings. The van der Waals surface area contributed by atoms with Crippen molar-refractivity contribution in [1.82, 2.24) is 9.80 Å². The lowest BCUT2D eigenvalue weighted by Gasteiger charge is -2.64. The second kappa shape index (κ2) is 13.7. The molecule has 5 aliphatic carbocycles. The van der Waals surface area contributed by atoms with Crippen LogP contribution in [0.15, 0.2) is 0 Å². The van der Waals surface area contributed by atoms with Gasteiger partial charge >= 0.3 is 0 Å². The highest BCUT2D eigenvalue weighted by molar-refractivity contribution is 5.82. The van der Waals surface area contributed by atoms with Gasteiger partial charge in [-0.25, -0.2) is 0 Å². The second-order valence-electron chi connectivity index (χ2n) is 20.4. The fourth-order valence-electron chi connectivity index (χ4n) is 14.5. The number of hydrogen-bond donors (Lipinski definition) is 2. The Labute approximate surface area is 315 Å². The van der Waals surface area contributed by atoms with Gasteiger partial charge in [0.1, 0.15) is 6.10 Å². The molecule has 52 heavy (non-hydrogen) atoms. The molecular weight excluding hydrogens is 656 g/mol. The van der Waals surface area contributed by atoms with E-state index in [2.05, 4.69) is 39.5 Å². The first-order valence-electron chi connectivity index (χ1n) is 21.3. The molecule has 1 amide bonds. The molecule has 14 atom stereocenters. The lowest BCUT2D eigenvalue weighted by molar-refractivity contribution is -0.250. The van der Waals surface area contributed by atoms with Gasteiger partial charge in [-0.1, -0.05) is 34.6 Å². The summed E-state index contributed by atoms with van der Waals surface area (Å²) in [6, 6.07) is -0.132. The SMILES string of the molecule is CCO[C@@H](C(C[C@@H](C)[C@H]1C[C@H](O)[C@@]2(C)C3CC[C@H]4C(C)(C)[C@@H](O[C@H]5CN([C@H](C)C(=O)N6CCC6)CCO5)CC[C@@]45CC35CC[C@]12C)OC)C(C)(C)O. The van der Waals surface area contributed by atoms with E-state index in [1.165, 1.54) is 38.5 Å². The first-order chi connectivity index (χ1) is 24.4. The summed E-state index contributed by atoms with van der Waals surface area (Å²) in [6.45, 7) is 24.3. The molecule has 2 spiro atoms. The van der Waals surface area contributed by atoms with Gasteiger partial charge in [-0.2, -0.15) is 0 Å². The summed E-state index contributed by atoms with van der Waals surface area (Å²) in [6.07, 6.45) is 10.1. The molecule has 298 valence electrons. The van der Waals surface area contributed by atoms with Crippen molar-refractivity contribution in [3.05, 3.63) is 0 Å². The minimum Gasteiger partial charge on any atom is -0.393 e. The summed E-state index contributed by atoms with van der Waals surface area (Å²) >= 11 is 0. The Morgan fingerprint density at radius 2 is 1.69 bits per heavy atom. The summed E-state index contributed by atoms with van der Waals surface area (Å²) in [5, 5.41) is 23.3. The van der Waals surface area contributed by atoms with Gasteiger partial charge in [0.2, 0.25) is 5.91 Å². The molecule has 3 unspecified atom stereocenters. The average molecular weight is 731 g/mol. The molecule has 9 nitrogen and oxygen atoms in total. The van der Waals surface area contributed by atoms with Crippen LogP contribution >= 0.6 is 0 Å². The lowest BCUT2D eigenvalue weighted by Crippen LogP contribution is -2.60. The Morgan fingerprint density at radius 3 is 2.33 bits per heavy atom. The summed E-state index contributed by atoms with van der Waals surface area (Å²) in [5.74, 6) is 2.09. The number of ether oxygens (including phenoxy) is 4. The van der Waals surface area contributed by atoms with Gasteiger partial charge in [-0.3, -0.25) is 9.69 Å². The molecule has 7 fully saturated rings. The lowest BCUT2D eigenvalue weighted by atomic mass is 9.41. The van der Waals surface area contributed by atoms with Gasteiger partial charge in [0.05, 0.1) is 43.1 Å². The van der Waals surface area contributed by atoms with Crippen LogP contribution in [0.2, 0.25) is 0 Å². The van der Waals surface area contributed by atoms with Crippen LogP contribution in [0.1, 0.15) is 127 Å². The molecular formula is C43H74N2O7. The number of carbonyl (C=O) groups is 1. The number of nitrogens with zero attached hydrogens (tertiary/aromatic N) is 2. The first kappa shape index (κ1) is 39.4. The first-order valence-corrected chi connectivity index (χ1v) is 21.3. The highest BCUT2D eigenvalue weighted by Crippen LogP contribution is 2.89. The van der Waals surface area contributed by atoms with E-state index in [0.29, 0.717) is 54.3 Å². The zero-order valence-electron chi connectivity index (χ0n) is 34.4. The number of aliphatic hydroxyl groups is 2. The number of morpholine rings is 1. The van der Waals surface area contributed by atoms with Crippen molar-refractivity contribution < 1.29 is 34.0 Å². The molecule has 2 heterocycles. The molecule has 9 heteroatoms. The number of carbonyl (C=O) groups excluding carboxylic acids is 1. The maximum absolute atomic E-state index is 13.0. The highest BCUT2D eigenvalue weighted by atomic mass is 16.7. The fraction of sp³-hybridized carbons (Fsp3) is 0.977. The van der Waals surface area contributed by atoms with E-state index in [9.17, 15) is 15.0 Å². The topological polar surface area (TPSA) is 101 Å². The van der Waals surface area contributed by atoms with Crippen LogP contribution < -0.4 is 0 Å². The summed E-state index contributed by atoms with van der Waals surface area (Å²) in [4.78, 5) is 17.3. The molecule has 5 saturated carbocycles. The van der Waals surface area contributed by atoms with Gasteiger partial charge in [0, 0.05) is 38.8 Å². The van der Waals surface area contributed by atoms with Gasteiger partial charge < -0.3 is 34.1 Å². The Hall–Kier alpha value is -0.810. The van der Waals surface area contributed by atoms with Crippen LogP contribution in [0.5, 0.6) is 0 Å². The van der Waals surface area contributed by atoms with Crippen molar-refractivity contribution in [2.24, 2.45) is 50.7 Å². The predicted molar refractivity (Wildman–Crippen MR) is 201 cm³/mol. The number of rotatable bonds is 12. The number of likely N-dealkylation sites (tertiary alicyclic amines) is 1. The summed E-state index contributed by atoms with van der Waals surface area (Å²) < 4.78 is 25.3. The third-order valence-electron chi connectivity index (χ3n) is 17.6. The van der Waals surface area contributed by atoms with Gasteiger partial charge in [-0.15, -0.1) is 0 Å². The van der Waals surface area contributed by atoms with E-state index in [4.69, 9.17) is 18.9 Å². The van der Waals surface area contributed by atoms with Crippen molar-refractivity contribution in [3.63, 3.8) is 0 Å². The van der Waals surface area contributed by atoms with Crippen LogP contribution in [0.25, 0.3) is 0 Å². The number of aliphatic hydroxyl groups excluding tert-OH is 1. The van der Waals surface area contributed by atoms with E-state index in [1.807, 2.05) is 32.6 Å². The van der Waals surface area contributed by atoms with Crippen molar-refractivity contribution in [2.45, 2.75) is 169 Å². The van der Waals surface area contributed by atoms with Crippen molar-refractivity contribution in [3.8, 4) is 0 Å². The van der Waals surface area contributed by atoms with E-state index in [-0.39, 0.29) is 52.8 Å². The predicted octanol–water partition coefficient (Wildman–Crippen LogP) is 6.28. The fourth-order valence-corrected chi connectivity index (χ4v) is 14.5. The average Bonchev–Trinajstić information content (AvgIpc) is 3.68. The van der Waals surface area contributed by atoms with E-state index in [0.717, 1.165) is 45.3 Å². The molecule has 2 aliphatic heterocycles. The number of fused-ring (bicyclic) bond motifs is 2. The normalized spacial score (nSPS) is 45.0. The number of hydrogen-bond acceptors (Lipinski definition) is 8. The number of methoxy groups -OCH3 is 1. The summed E-state index contributed by atoms with van der Waals surface area (Å²) in [7, 11) is 1.75. The monoisotopic (exact) mass is 731 g/mol. The molecule has 0 aromatic carbocycles. The Morgan fingerprint density at radius 1 is 1.00 bits per heavy atom. The smallest absolute Gasteiger partial charge is 0.239 e. The second-order valence-corrected chi connectivity index (χ2v) is 20.4. The molecule has 7 rings (SSSR count). The Balaban J connectivity index is 1.04. The standard InChI is InChI=1S/C43H74N2O7/c1-11-50-36(39(6,7)48)30(49-10)23-27(2)29-24-33(46)41(9)32-14-13-31-38(4,5)34(15-16-42(31)26-43(32,42)18-17-40(29,41)8)52-35-25-45(21-22-51-35)28(3)37(47)44-19-12-20-44/h27-36,46,48H,11-26H2,1-10H3/t27-,28-,29-,30?,31+,32?,33+,34+,35+,36+,40-,41-,42-,43?/m1/s1. The molecule has 2 saturated heterocycles. The van der Waals surface area contributed by atoms with Gasteiger partial charge in [0.15, 0.2) is 6.29 Å². The van der Waals surface area contributed by atoms with Crippen LogP contribution in [0, 0.1) is 50.7 Å². The number of amides is 1. The quantitative estimate of drug-likeness (QED) is 0.242. The van der Waals surface area contributed by atoms with Crippen molar-refractivity contribution in [2.75, 3.05) is 46.5 Å². The van der Waals surface area contributed by atoms with Crippen molar-refractivity contribution in [1.29, 1.82) is 0 Å². The van der Waals surface area contributed by atoms with Crippen LogP contribution in [0.3, 0.4) is 0 Å². The Bertz CT molecular complexity index is 1320. The molecule has 2 N–H and O–H groups in total. The van der Waals surface area contributed by atoms with Gasteiger partial charge in [0.25, 0.3) is 0 Å². The zero-order chi connectivity index (χ0) is 37.6. The Kier molecular flexibility index (Phi) is 10.4. The third-order valence-corrected chi connectivity index (χ3v) is 17.6.